The van der Waals surface area contributed by atoms with Crippen molar-refractivity contribution in [3.05, 3.63) is 0 Å². The Morgan fingerprint density at radius 2 is 2.38 bits per heavy atom. The molecule has 5 heteroatoms. The summed E-state index contributed by atoms with van der Waals surface area (Å²) in [6.45, 7) is 6.62. The van der Waals surface area contributed by atoms with Crippen LogP contribution in [0.1, 0.15) is 13.3 Å². The number of amides is 1. The summed E-state index contributed by atoms with van der Waals surface area (Å²) in [5.74, 6) is 0.0611. The van der Waals surface area contributed by atoms with E-state index >= 15 is 0 Å². The molecule has 0 aromatic rings. The van der Waals surface area contributed by atoms with Gasteiger partial charge >= 0.3 is 0 Å². The van der Waals surface area contributed by atoms with Crippen LogP contribution < -0.4 is 10.6 Å². The summed E-state index contributed by atoms with van der Waals surface area (Å²) >= 11 is 0. The van der Waals surface area contributed by atoms with Crippen molar-refractivity contribution in [1.82, 2.24) is 15.5 Å². The summed E-state index contributed by atoms with van der Waals surface area (Å²) in [4.78, 5) is 13.5. The third-order valence-corrected chi connectivity index (χ3v) is 2.57. The van der Waals surface area contributed by atoms with Gasteiger partial charge in [0.15, 0.2) is 0 Å². The molecule has 1 fully saturated rings. The van der Waals surface area contributed by atoms with Crippen LogP contribution in [0.5, 0.6) is 0 Å². The minimum absolute atomic E-state index is 0.0611. The van der Waals surface area contributed by atoms with Crippen molar-refractivity contribution in [2.75, 3.05) is 46.4 Å². The first kappa shape index (κ1) is 13.4. The monoisotopic (exact) mass is 229 g/mol. The summed E-state index contributed by atoms with van der Waals surface area (Å²) in [6, 6.07) is 0. The third-order valence-electron chi connectivity index (χ3n) is 2.57. The fraction of sp³-hybridized carbons (Fsp3) is 0.909. The highest BCUT2D eigenvalue weighted by Crippen LogP contribution is 2.00. The van der Waals surface area contributed by atoms with E-state index in [-0.39, 0.29) is 12.0 Å². The van der Waals surface area contributed by atoms with E-state index in [4.69, 9.17) is 4.74 Å². The van der Waals surface area contributed by atoms with Crippen LogP contribution in [0.2, 0.25) is 0 Å². The molecule has 94 valence electrons. The molecule has 0 radical (unpaired) electrons. The van der Waals surface area contributed by atoms with Crippen LogP contribution in [0.25, 0.3) is 0 Å². The van der Waals surface area contributed by atoms with Crippen LogP contribution in [-0.4, -0.2) is 63.3 Å². The maximum absolute atomic E-state index is 11.3. The number of morpholine rings is 1. The average Bonchev–Trinajstić information content (AvgIpc) is 2.26. The molecule has 0 aromatic heterocycles. The van der Waals surface area contributed by atoms with Crippen molar-refractivity contribution >= 4 is 5.91 Å². The van der Waals surface area contributed by atoms with Gasteiger partial charge in [0.05, 0.1) is 19.3 Å². The molecule has 1 aliphatic heterocycles. The number of carbonyl (C=O) groups excluding carboxylic acids is 1. The quantitative estimate of drug-likeness (QED) is 0.640. The molecule has 1 aliphatic rings. The lowest BCUT2D eigenvalue weighted by Crippen LogP contribution is -2.46. The maximum atomic E-state index is 11.3. The maximum Gasteiger partial charge on any atom is 0.233 e. The lowest BCUT2D eigenvalue weighted by Gasteiger charge is -2.30. The highest BCUT2D eigenvalue weighted by molar-refractivity contribution is 5.77. The molecular weight excluding hydrogens is 206 g/mol. The second-order valence-corrected chi connectivity index (χ2v) is 4.24. The van der Waals surface area contributed by atoms with E-state index in [0.717, 1.165) is 39.2 Å². The lowest BCUT2D eigenvalue weighted by atomic mass is 10.3. The molecule has 1 saturated heterocycles. The number of nitrogens with zero attached hydrogens (tertiary/aromatic N) is 1. The molecular formula is C11H23N3O2. The molecule has 0 spiro atoms. The molecule has 1 atom stereocenters. The molecule has 1 heterocycles. The van der Waals surface area contributed by atoms with E-state index in [1.807, 2.05) is 6.92 Å². The van der Waals surface area contributed by atoms with Gasteiger partial charge in [-0.2, -0.15) is 0 Å². The highest BCUT2D eigenvalue weighted by Gasteiger charge is 2.17. The predicted octanol–water partition coefficient (Wildman–Crippen LogP) is -0.567. The van der Waals surface area contributed by atoms with Crippen LogP contribution in [-0.2, 0) is 9.53 Å². The normalized spacial score (nSPS) is 22.0. The molecule has 1 rings (SSSR count). The van der Waals surface area contributed by atoms with E-state index in [1.165, 1.54) is 0 Å². The van der Waals surface area contributed by atoms with Gasteiger partial charge in [0.1, 0.15) is 0 Å². The smallest absolute Gasteiger partial charge is 0.233 e. The van der Waals surface area contributed by atoms with E-state index in [2.05, 4.69) is 22.6 Å². The Morgan fingerprint density at radius 3 is 3.06 bits per heavy atom. The van der Waals surface area contributed by atoms with Crippen LogP contribution in [0, 0.1) is 0 Å². The number of hydrogen-bond donors (Lipinski definition) is 2. The second kappa shape index (κ2) is 7.60. The molecule has 5 nitrogen and oxygen atoms in total. The van der Waals surface area contributed by atoms with Crippen molar-refractivity contribution in [2.24, 2.45) is 0 Å². The third kappa shape index (κ3) is 5.44. The van der Waals surface area contributed by atoms with Gasteiger partial charge in [0.2, 0.25) is 5.91 Å². The molecule has 1 unspecified atom stereocenters. The topological polar surface area (TPSA) is 53.6 Å². The number of carbonyl (C=O) groups is 1. The fourth-order valence-electron chi connectivity index (χ4n) is 1.66. The Bertz CT molecular complexity index is 211. The predicted molar refractivity (Wildman–Crippen MR) is 63.4 cm³/mol. The Hall–Kier alpha value is -0.650. The van der Waals surface area contributed by atoms with Crippen LogP contribution in [0.15, 0.2) is 0 Å². The number of likely N-dealkylation sites (N-methyl/N-ethyl adjacent to an activating group) is 1. The van der Waals surface area contributed by atoms with Crippen molar-refractivity contribution in [3.63, 3.8) is 0 Å². The molecule has 16 heavy (non-hydrogen) atoms. The first-order chi connectivity index (χ1) is 7.72. The molecule has 1 amide bonds. The number of nitrogens with one attached hydrogen (secondary N) is 2. The van der Waals surface area contributed by atoms with Gasteiger partial charge in [0, 0.05) is 26.2 Å². The first-order valence-electron chi connectivity index (χ1n) is 6.00. The van der Waals surface area contributed by atoms with Crippen molar-refractivity contribution in [2.45, 2.75) is 19.4 Å². The van der Waals surface area contributed by atoms with Crippen LogP contribution >= 0.6 is 0 Å². The standard InChI is InChI=1S/C11H23N3O2/c1-3-4-13-11(15)8-12-7-10-9-14(2)5-6-16-10/h10,12H,3-9H2,1-2H3,(H,13,15). The fourth-order valence-corrected chi connectivity index (χ4v) is 1.66. The summed E-state index contributed by atoms with van der Waals surface area (Å²) in [6.07, 6.45) is 1.18. The SMILES string of the molecule is CCCNC(=O)CNCC1CN(C)CCO1. The first-order valence-corrected chi connectivity index (χ1v) is 6.00. The van der Waals surface area contributed by atoms with Crippen molar-refractivity contribution in [3.8, 4) is 0 Å². The molecule has 2 N–H and O–H groups in total. The average molecular weight is 229 g/mol. The number of hydrogen-bond acceptors (Lipinski definition) is 4. The zero-order valence-corrected chi connectivity index (χ0v) is 10.3. The summed E-state index contributed by atoms with van der Waals surface area (Å²) in [7, 11) is 2.09. The largest absolute Gasteiger partial charge is 0.374 e. The Kier molecular flexibility index (Phi) is 6.37. The summed E-state index contributed by atoms with van der Waals surface area (Å²) in [5.41, 5.74) is 0. The van der Waals surface area contributed by atoms with E-state index in [0.29, 0.717) is 6.54 Å². The van der Waals surface area contributed by atoms with E-state index in [1.54, 1.807) is 0 Å². The second-order valence-electron chi connectivity index (χ2n) is 4.24. The van der Waals surface area contributed by atoms with Gasteiger partial charge in [-0.3, -0.25) is 4.79 Å². The van der Waals surface area contributed by atoms with Gasteiger partial charge in [-0.05, 0) is 13.5 Å². The van der Waals surface area contributed by atoms with E-state index in [9.17, 15) is 4.79 Å². The van der Waals surface area contributed by atoms with Gasteiger partial charge in [0.25, 0.3) is 0 Å². The Labute approximate surface area is 97.5 Å². The number of rotatable bonds is 6. The summed E-state index contributed by atoms with van der Waals surface area (Å²) < 4.78 is 5.58. The molecule has 0 aliphatic carbocycles. The highest BCUT2D eigenvalue weighted by atomic mass is 16.5. The summed E-state index contributed by atoms with van der Waals surface area (Å²) in [5, 5.41) is 5.95. The van der Waals surface area contributed by atoms with Gasteiger partial charge in [-0.15, -0.1) is 0 Å². The zero-order valence-electron chi connectivity index (χ0n) is 10.3. The van der Waals surface area contributed by atoms with Crippen LogP contribution in [0.3, 0.4) is 0 Å². The van der Waals surface area contributed by atoms with Gasteiger partial charge in [-0.25, -0.2) is 0 Å². The zero-order chi connectivity index (χ0) is 11.8. The lowest BCUT2D eigenvalue weighted by molar-refractivity contribution is -0.120. The minimum Gasteiger partial charge on any atom is -0.374 e. The number of ether oxygens (including phenoxy) is 1. The van der Waals surface area contributed by atoms with Gasteiger partial charge < -0.3 is 20.3 Å². The Balaban J connectivity index is 2.03. The molecule has 0 bridgehead atoms. The minimum atomic E-state index is 0.0611. The molecule has 0 aromatic carbocycles. The van der Waals surface area contributed by atoms with E-state index < -0.39 is 0 Å². The molecule has 0 saturated carbocycles. The van der Waals surface area contributed by atoms with Crippen molar-refractivity contribution < 1.29 is 9.53 Å². The van der Waals surface area contributed by atoms with Crippen molar-refractivity contribution in [1.29, 1.82) is 0 Å². The Morgan fingerprint density at radius 1 is 1.56 bits per heavy atom. The van der Waals surface area contributed by atoms with Gasteiger partial charge in [-0.1, -0.05) is 6.92 Å². The van der Waals surface area contributed by atoms with Crippen LogP contribution in [0.4, 0.5) is 0 Å².